The second-order valence-electron chi connectivity index (χ2n) is 8.56. The van der Waals surface area contributed by atoms with Crippen molar-refractivity contribution in [1.29, 1.82) is 0 Å². The fraction of sp³-hybridized carbons (Fsp3) is 1.00. The molecule has 0 spiro atoms. The van der Waals surface area contributed by atoms with E-state index in [4.69, 9.17) is 0 Å². The molecule has 3 nitrogen and oxygen atoms in total. The van der Waals surface area contributed by atoms with E-state index < -0.39 is 10.9 Å². The first kappa shape index (κ1) is 27.9. The van der Waals surface area contributed by atoms with Crippen LogP contribution >= 0.6 is 0 Å². The Morgan fingerprint density at radius 2 is 0.679 bits per heavy atom. The van der Waals surface area contributed by atoms with Gasteiger partial charge in [0, 0.05) is 13.1 Å². The normalized spacial score (nSPS) is 11.7. The summed E-state index contributed by atoms with van der Waals surface area (Å²) >= 11 is 0. The lowest BCUT2D eigenvalue weighted by atomic mass is 10.1. The van der Waals surface area contributed by atoms with Crippen LogP contribution in [0.4, 0.5) is 0 Å². The van der Waals surface area contributed by atoms with Crippen molar-refractivity contribution >= 4 is 10.9 Å². The highest BCUT2D eigenvalue weighted by molar-refractivity contribution is 7.69. The highest BCUT2D eigenvalue weighted by Crippen LogP contribution is 2.12. The summed E-state index contributed by atoms with van der Waals surface area (Å²) in [6.07, 6.45) is 25.9. The van der Waals surface area contributed by atoms with E-state index in [0.717, 1.165) is 25.9 Å². The van der Waals surface area contributed by atoms with Crippen LogP contribution in [-0.2, 0) is 10.9 Å². The molecule has 0 heterocycles. The molecule has 0 aromatic carbocycles. The average molecular weight is 418 g/mol. The SMILES string of the molecule is CCCCCCCCCCCCN(CCCCCCCCCCCC)[SH](=O)=O. The molecule has 0 atom stereocenters. The standard InChI is InChI=1S/C24H51NO2S/c1-3-5-7-9-11-13-15-17-19-21-23-25(28(26)27)24-22-20-18-16-14-12-10-8-6-4-2/h28H,3-24H2,1-2H3. The minimum atomic E-state index is -2.40. The molecule has 0 fully saturated rings. The summed E-state index contributed by atoms with van der Waals surface area (Å²) in [5, 5.41) is 0. The Bertz CT molecular complexity index is 340. The molecular formula is C24H51NO2S. The second kappa shape index (κ2) is 23.2. The molecule has 28 heavy (non-hydrogen) atoms. The lowest BCUT2D eigenvalue weighted by Gasteiger charge is -2.15. The molecule has 170 valence electrons. The molecule has 4 heteroatoms. The minimum Gasteiger partial charge on any atom is -0.215 e. The van der Waals surface area contributed by atoms with Crippen molar-refractivity contribution in [2.75, 3.05) is 13.1 Å². The number of rotatable bonds is 23. The lowest BCUT2D eigenvalue weighted by molar-refractivity contribution is 0.394. The van der Waals surface area contributed by atoms with Crippen LogP contribution in [0.15, 0.2) is 0 Å². The maximum atomic E-state index is 11.4. The Hall–Kier alpha value is -0.0900. The van der Waals surface area contributed by atoms with Crippen molar-refractivity contribution in [1.82, 2.24) is 4.31 Å². The molecule has 0 bridgehead atoms. The third kappa shape index (κ3) is 20.6. The molecule has 0 radical (unpaired) electrons. The van der Waals surface area contributed by atoms with Gasteiger partial charge in [-0.15, -0.1) is 0 Å². The van der Waals surface area contributed by atoms with E-state index in [1.165, 1.54) is 116 Å². The van der Waals surface area contributed by atoms with E-state index in [1.54, 1.807) is 4.31 Å². The van der Waals surface area contributed by atoms with Crippen LogP contribution in [0.25, 0.3) is 0 Å². The number of nitrogens with zero attached hydrogens (tertiary/aromatic N) is 1. The molecule has 0 N–H and O–H groups in total. The number of thiol groups is 1. The Morgan fingerprint density at radius 1 is 0.429 bits per heavy atom. The topological polar surface area (TPSA) is 37.4 Å². The highest BCUT2D eigenvalue weighted by atomic mass is 32.2. The predicted octanol–water partition coefficient (Wildman–Crippen LogP) is 7.66. The largest absolute Gasteiger partial charge is 0.215 e. The Balaban J connectivity index is 3.46. The predicted molar refractivity (Wildman–Crippen MR) is 126 cm³/mol. The van der Waals surface area contributed by atoms with Crippen molar-refractivity contribution < 1.29 is 8.42 Å². The fourth-order valence-corrected chi connectivity index (χ4v) is 4.45. The zero-order valence-corrected chi connectivity index (χ0v) is 20.2. The van der Waals surface area contributed by atoms with Gasteiger partial charge in [-0.1, -0.05) is 129 Å². The number of unbranched alkanes of at least 4 members (excludes halogenated alkanes) is 18. The molecule has 0 aromatic heterocycles. The summed E-state index contributed by atoms with van der Waals surface area (Å²) in [7, 11) is -2.40. The van der Waals surface area contributed by atoms with Crippen LogP contribution in [0.2, 0.25) is 0 Å². The van der Waals surface area contributed by atoms with Gasteiger partial charge in [-0.3, -0.25) is 0 Å². The summed E-state index contributed by atoms with van der Waals surface area (Å²) in [5.74, 6) is 0. The molecule has 0 saturated carbocycles. The Kier molecular flexibility index (Phi) is 23.1. The van der Waals surface area contributed by atoms with Crippen LogP contribution in [0, 0.1) is 0 Å². The average Bonchev–Trinajstić information content (AvgIpc) is 2.68. The first-order chi connectivity index (χ1) is 13.7. The van der Waals surface area contributed by atoms with Crippen molar-refractivity contribution in [3.05, 3.63) is 0 Å². The van der Waals surface area contributed by atoms with Crippen LogP contribution in [0.1, 0.15) is 142 Å². The summed E-state index contributed by atoms with van der Waals surface area (Å²) < 4.78 is 24.6. The molecule has 0 aromatic rings. The maximum Gasteiger partial charge on any atom is 0.203 e. The van der Waals surface area contributed by atoms with Gasteiger partial charge in [0.15, 0.2) is 0 Å². The van der Waals surface area contributed by atoms with Crippen molar-refractivity contribution in [3.8, 4) is 0 Å². The number of hydrogen-bond donors (Lipinski definition) is 1. The van der Waals surface area contributed by atoms with E-state index in [1.807, 2.05) is 0 Å². The summed E-state index contributed by atoms with van der Waals surface area (Å²) in [5.41, 5.74) is 0. The van der Waals surface area contributed by atoms with Gasteiger partial charge in [-0.25, -0.2) is 12.7 Å². The summed E-state index contributed by atoms with van der Waals surface area (Å²) in [6, 6.07) is 0. The van der Waals surface area contributed by atoms with Gasteiger partial charge < -0.3 is 0 Å². The van der Waals surface area contributed by atoms with Gasteiger partial charge in [0.25, 0.3) is 0 Å². The van der Waals surface area contributed by atoms with E-state index in [-0.39, 0.29) is 0 Å². The van der Waals surface area contributed by atoms with Crippen LogP contribution in [0.3, 0.4) is 0 Å². The Labute approximate surface area is 179 Å². The van der Waals surface area contributed by atoms with Crippen LogP contribution in [-0.4, -0.2) is 25.8 Å². The van der Waals surface area contributed by atoms with Crippen LogP contribution < -0.4 is 0 Å². The van der Waals surface area contributed by atoms with Gasteiger partial charge in [-0.05, 0) is 12.8 Å². The molecule has 0 aliphatic carbocycles. The van der Waals surface area contributed by atoms with Crippen molar-refractivity contribution in [2.45, 2.75) is 142 Å². The molecule has 0 aliphatic rings. The summed E-state index contributed by atoms with van der Waals surface area (Å²) in [4.78, 5) is 0. The van der Waals surface area contributed by atoms with E-state index in [0.29, 0.717) is 0 Å². The van der Waals surface area contributed by atoms with Gasteiger partial charge in [0.1, 0.15) is 0 Å². The molecule has 0 aliphatic heterocycles. The van der Waals surface area contributed by atoms with Gasteiger partial charge >= 0.3 is 0 Å². The first-order valence-corrected chi connectivity index (χ1v) is 13.7. The smallest absolute Gasteiger partial charge is 0.203 e. The molecule has 0 unspecified atom stereocenters. The van der Waals surface area contributed by atoms with E-state index >= 15 is 0 Å². The summed E-state index contributed by atoms with van der Waals surface area (Å²) in [6.45, 7) is 5.98. The van der Waals surface area contributed by atoms with Gasteiger partial charge in [0.2, 0.25) is 10.9 Å². The third-order valence-corrected chi connectivity index (χ3v) is 6.63. The van der Waals surface area contributed by atoms with E-state index in [9.17, 15) is 8.42 Å². The third-order valence-electron chi connectivity index (χ3n) is 5.77. The van der Waals surface area contributed by atoms with Crippen LogP contribution in [0.5, 0.6) is 0 Å². The zero-order valence-electron chi connectivity index (χ0n) is 19.3. The number of hydrogen-bond acceptors (Lipinski definition) is 2. The minimum absolute atomic E-state index is 0.729. The van der Waals surface area contributed by atoms with Gasteiger partial charge in [-0.2, -0.15) is 0 Å². The second-order valence-corrected chi connectivity index (χ2v) is 9.60. The first-order valence-electron chi connectivity index (χ1n) is 12.6. The van der Waals surface area contributed by atoms with Gasteiger partial charge in [0.05, 0.1) is 0 Å². The quantitative estimate of drug-likeness (QED) is 0.137. The van der Waals surface area contributed by atoms with E-state index in [2.05, 4.69) is 13.8 Å². The monoisotopic (exact) mass is 417 g/mol. The zero-order chi connectivity index (χ0) is 20.7. The van der Waals surface area contributed by atoms with Crippen molar-refractivity contribution in [3.63, 3.8) is 0 Å². The molecule has 0 saturated heterocycles. The molecular weight excluding hydrogens is 366 g/mol. The Morgan fingerprint density at radius 3 is 0.929 bits per heavy atom. The maximum absolute atomic E-state index is 11.4. The highest BCUT2D eigenvalue weighted by Gasteiger charge is 2.06. The molecule has 0 rings (SSSR count). The molecule has 0 amide bonds. The fourth-order valence-electron chi connectivity index (χ4n) is 3.84. The van der Waals surface area contributed by atoms with Crippen molar-refractivity contribution in [2.24, 2.45) is 0 Å². The lowest BCUT2D eigenvalue weighted by Crippen LogP contribution is -2.24.